The molecule has 11 aromatic rings. The predicted octanol–water partition coefficient (Wildman–Crippen LogP) is 15.0. The zero-order chi connectivity index (χ0) is 35.6. The molecule has 0 N–H and O–H groups in total. The molecule has 0 fully saturated rings. The summed E-state index contributed by atoms with van der Waals surface area (Å²) in [6, 6.07) is 69.0. The molecule has 252 valence electrons. The molecule has 2 aromatic heterocycles. The minimum absolute atomic E-state index is 0.812. The molecule has 0 unspecified atom stereocenters. The highest BCUT2D eigenvalue weighted by atomic mass is 16.3. The third-order valence-electron chi connectivity index (χ3n) is 10.9. The molecule has 11 rings (SSSR count). The second-order valence-electron chi connectivity index (χ2n) is 14.0. The largest absolute Gasteiger partial charge is 0.455 e. The second kappa shape index (κ2) is 12.2. The number of hydrogen-bond donors (Lipinski definition) is 0. The minimum atomic E-state index is 0.812. The van der Waals surface area contributed by atoms with E-state index in [0.29, 0.717) is 0 Å². The van der Waals surface area contributed by atoms with Crippen molar-refractivity contribution in [1.82, 2.24) is 0 Å². The van der Waals surface area contributed by atoms with Crippen LogP contribution >= 0.6 is 0 Å². The fourth-order valence-electron chi connectivity index (χ4n) is 8.46. The van der Waals surface area contributed by atoms with Gasteiger partial charge in [-0.2, -0.15) is 0 Å². The molecular weight excluding hydrogens is 657 g/mol. The summed E-state index contributed by atoms with van der Waals surface area (Å²) in [5.74, 6) is 0.848. The van der Waals surface area contributed by atoms with E-state index in [-0.39, 0.29) is 0 Å². The Morgan fingerprint density at radius 1 is 0.259 bits per heavy atom. The van der Waals surface area contributed by atoms with E-state index < -0.39 is 0 Å². The van der Waals surface area contributed by atoms with Crippen molar-refractivity contribution in [1.29, 1.82) is 0 Å². The van der Waals surface area contributed by atoms with Gasteiger partial charge in [0.25, 0.3) is 0 Å². The average Bonchev–Trinajstić information content (AvgIpc) is 3.82. The number of rotatable bonds is 5. The van der Waals surface area contributed by atoms with Gasteiger partial charge >= 0.3 is 0 Å². The SMILES string of the molecule is c1ccc(-c2oc3ccc4c5cc(-c6ccc(-c7c8ccccc8c(-c8ccccc8)c8ccccc78)cc6)ccc5oc4c3c2-c2ccccc2)cc1. The molecule has 9 aromatic carbocycles. The topological polar surface area (TPSA) is 26.3 Å². The maximum Gasteiger partial charge on any atom is 0.147 e. The lowest BCUT2D eigenvalue weighted by Crippen LogP contribution is -1.90. The molecule has 2 heterocycles. The van der Waals surface area contributed by atoms with Crippen LogP contribution in [0.15, 0.2) is 203 Å². The average molecular weight is 689 g/mol. The molecule has 0 aliphatic carbocycles. The Bertz CT molecular complexity index is 3110. The molecule has 0 saturated carbocycles. The Morgan fingerprint density at radius 2 is 0.704 bits per heavy atom. The van der Waals surface area contributed by atoms with Crippen molar-refractivity contribution in [3.05, 3.63) is 194 Å². The van der Waals surface area contributed by atoms with E-state index in [9.17, 15) is 0 Å². The van der Waals surface area contributed by atoms with Crippen molar-refractivity contribution < 1.29 is 8.83 Å². The highest BCUT2D eigenvalue weighted by Crippen LogP contribution is 2.47. The summed E-state index contributed by atoms with van der Waals surface area (Å²) < 4.78 is 13.3. The van der Waals surface area contributed by atoms with E-state index in [0.717, 1.165) is 66.5 Å². The van der Waals surface area contributed by atoms with Crippen molar-refractivity contribution in [2.24, 2.45) is 0 Å². The lowest BCUT2D eigenvalue weighted by Gasteiger charge is -2.18. The predicted molar refractivity (Wildman–Crippen MR) is 226 cm³/mol. The summed E-state index contributed by atoms with van der Waals surface area (Å²) in [4.78, 5) is 0. The third-order valence-corrected chi connectivity index (χ3v) is 10.9. The summed E-state index contributed by atoms with van der Waals surface area (Å²) in [5.41, 5.74) is 13.0. The van der Waals surface area contributed by atoms with Crippen molar-refractivity contribution in [3.63, 3.8) is 0 Å². The standard InChI is InChI=1S/C52H32O2/c1-4-14-34(15-5-1)47-39-20-10-12-22-41(39)48(42-23-13-11-21-40(42)47)36-26-24-33(25-27-36)38-28-30-45-44(32-38)43-29-31-46-50(52(43)53-45)49(35-16-6-2-7-17-35)51(54-46)37-18-8-3-9-19-37/h1-32H. The number of furan rings is 2. The van der Waals surface area contributed by atoms with Gasteiger partial charge in [0, 0.05) is 21.9 Å². The molecule has 0 spiro atoms. The van der Waals surface area contributed by atoms with Gasteiger partial charge in [-0.05, 0) is 84.8 Å². The van der Waals surface area contributed by atoms with Crippen molar-refractivity contribution in [2.45, 2.75) is 0 Å². The zero-order valence-electron chi connectivity index (χ0n) is 29.3. The normalized spacial score (nSPS) is 11.7. The molecule has 0 aliphatic heterocycles. The molecule has 0 bridgehead atoms. The Morgan fingerprint density at radius 3 is 1.28 bits per heavy atom. The van der Waals surface area contributed by atoms with Crippen molar-refractivity contribution >= 4 is 54.5 Å². The Kier molecular flexibility index (Phi) is 6.90. The fourth-order valence-corrected chi connectivity index (χ4v) is 8.46. The Hall–Kier alpha value is -7.16. The van der Waals surface area contributed by atoms with Crippen LogP contribution in [0.25, 0.3) is 110 Å². The Balaban J connectivity index is 1.05. The van der Waals surface area contributed by atoms with E-state index in [1.54, 1.807) is 0 Å². The summed E-state index contributed by atoms with van der Waals surface area (Å²) in [6.07, 6.45) is 0. The van der Waals surface area contributed by atoms with Crippen LogP contribution in [0.4, 0.5) is 0 Å². The van der Waals surface area contributed by atoms with Crippen LogP contribution in [0, 0.1) is 0 Å². The van der Waals surface area contributed by atoms with Gasteiger partial charge < -0.3 is 8.83 Å². The summed E-state index contributed by atoms with van der Waals surface area (Å²) >= 11 is 0. The summed E-state index contributed by atoms with van der Waals surface area (Å²) in [5, 5.41) is 8.19. The van der Waals surface area contributed by atoms with Gasteiger partial charge in [0.1, 0.15) is 22.5 Å². The molecule has 2 heteroatoms. The van der Waals surface area contributed by atoms with E-state index in [2.05, 4.69) is 170 Å². The molecule has 2 nitrogen and oxygen atoms in total. The van der Waals surface area contributed by atoms with Gasteiger partial charge in [0.15, 0.2) is 0 Å². The number of hydrogen-bond acceptors (Lipinski definition) is 2. The van der Waals surface area contributed by atoms with E-state index in [1.165, 1.54) is 43.8 Å². The van der Waals surface area contributed by atoms with Crippen LogP contribution in [0.3, 0.4) is 0 Å². The Labute approximate surface area is 312 Å². The summed E-state index contributed by atoms with van der Waals surface area (Å²) in [7, 11) is 0. The second-order valence-corrected chi connectivity index (χ2v) is 14.0. The van der Waals surface area contributed by atoms with Crippen LogP contribution in [-0.2, 0) is 0 Å². The first-order chi connectivity index (χ1) is 26.8. The van der Waals surface area contributed by atoms with Gasteiger partial charge in [-0.1, -0.05) is 170 Å². The lowest BCUT2D eigenvalue weighted by atomic mass is 9.86. The lowest BCUT2D eigenvalue weighted by molar-refractivity contribution is 0.631. The van der Waals surface area contributed by atoms with Crippen LogP contribution < -0.4 is 0 Å². The van der Waals surface area contributed by atoms with Crippen LogP contribution in [0.2, 0.25) is 0 Å². The highest BCUT2D eigenvalue weighted by molar-refractivity contribution is 6.22. The first-order valence-electron chi connectivity index (χ1n) is 18.4. The van der Waals surface area contributed by atoms with Crippen molar-refractivity contribution in [2.75, 3.05) is 0 Å². The molecule has 0 saturated heterocycles. The maximum atomic E-state index is 6.71. The van der Waals surface area contributed by atoms with E-state index in [4.69, 9.17) is 8.83 Å². The molecular formula is C52H32O2. The third kappa shape index (κ3) is 4.74. The van der Waals surface area contributed by atoms with Crippen molar-refractivity contribution in [3.8, 4) is 55.8 Å². The van der Waals surface area contributed by atoms with E-state index >= 15 is 0 Å². The maximum absolute atomic E-state index is 6.71. The highest BCUT2D eigenvalue weighted by Gasteiger charge is 2.23. The van der Waals surface area contributed by atoms with Gasteiger partial charge in [0.2, 0.25) is 0 Å². The first-order valence-corrected chi connectivity index (χ1v) is 18.4. The van der Waals surface area contributed by atoms with Gasteiger partial charge in [0.05, 0.1) is 5.39 Å². The first kappa shape index (κ1) is 30.5. The van der Waals surface area contributed by atoms with Gasteiger partial charge in [-0.15, -0.1) is 0 Å². The number of benzene rings is 9. The molecule has 0 atom stereocenters. The smallest absolute Gasteiger partial charge is 0.147 e. The number of fused-ring (bicyclic) bond motifs is 7. The fraction of sp³-hybridized carbons (Fsp3) is 0. The molecule has 0 aliphatic rings. The quantitative estimate of drug-likeness (QED) is 0.168. The van der Waals surface area contributed by atoms with Crippen LogP contribution in [0.1, 0.15) is 0 Å². The molecule has 0 radical (unpaired) electrons. The minimum Gasteiger partial charge on any atom is -0.455 e. The molecule has 54 heavy (non-hydrogen) atoms. The van der Waals surface area contributed by atoms with Gasteiger partial charge in [-0.25, -0.2) is 0 Å². The summed E-state index contributed by atoms with van der Waals surface area (Å²) in [6.45, 7) is 0. The van der Waals surface area contributed by atoms with Crippen LogP contribution in [0.5, 0.6) is 0 Å². The monoisotopic (exact) mass is 688 g/mol. The molecule has 0 amide bonds. The van der Waals surface area contributed by atoms with E-state index in [1.807, 2.05) is 24.3 Å². The zero-order valence-corrected chi connectivity index (χ0v) is 29.3. The van der Waals surface area contributed by atoms with Crippen LogP contribution in [-0.4, -0.2) is 0 Å². The van der Waals surface area contributed by atoms with Gasteiger partial charge in [-0.3, -0.25) is 0 Å².